The summed E-state index contributed by atoms with van der Waals surface area (Å²) in [6.45, 7) is 3.27. The van der Waals surface area contributed by atoms with Crippen LogP contribution >= 0.6 is 24.0 Å². The molecule has 1 atom stereocenters. The van der Waals surface area contributed by atoms with Gasteiger partial charge in [0.25, 0.3) is 0 Å². The molecule has 0 spiro atoms. The average Bonchev–Trinajstić information content (AvgIpc) is 3.12. The molecule has 2 aromatic heterocycles. The Labute approximate surface area is 187 Å². The zero-order valence-corrected chi connectivity index (χ0v) is 18.8. The molecule has 0 bridgehead atoms. The summed E-state index contributed by atoms with van der Waals surface area (Å²) in [6, 6.07) is 14.0. The molecule has 4 rings (SSSR count). The highest BCUT2D eigenvalue weighted by Crippen LogP contribution is 2.31. The lowest BCUT2D eigenvalue weighted by molar-refractivity contribution is -0.116. The van der Waals surface area contributed by atoms with Gasteiger partial charge in [-0.1, -0.05) is 24.3 Å². The summed E-state index contributed by atoms with van der Waals surface area (Å²) in [5.74, 6) is 0.854. The Bertz CT molecular complexity index is 1040. The number of anilines is 1. The van der Waals surface area contributed by atoms with E-state index in [-0.39, 0.29) is 35.8 Å². The predicted molar refractivity (Wildman–Crippen MR) is 126 cm³/mol. The van der Waals surface area contributed by atoms with Crippen molar-refractivity contribution >= 4 is 47.2 Å². The van der Waals surface area contributed by atoms with Gasteiger partial charge in [-0.25, -0.2) is 4.98 Å². The molecule has 0 fully saturated rings. The largest absolute Gasteiger partial charge is 0.356 e. The third-order valence-electron chi connectivity index (χ3n) is 5.03. The van der Waals surface area contributed by atoms with E-state index >= 15 is 0 Å². The molecule has 1 unspecified atom stereocenters. The van der Waals surface area contributed by atoms with Crippen LogP contribution in [0.25, 0.3) is 5.65 Å². The monoisotopic (exact) mass is 504 g/mol. The Hall–Kier alpha value is -2.62. The van der Waals surface area contributed by atoms with Crippen LogP contribution in [0.1, 0.15) is 29.3 Å². The minimum atomic E-state index is 0. The second-order valence-corrected chi connectivity index (χ2v) is 6.97. The number of amides is 1. The first-order chi connectivity index (χ1) is 13.6. The minimum absolute atomic E-state index is 0. The van der Waals surface area contributed by atoms with Crippen molar-refractivity contribution in [1.29, 1.82) is 0 Å². The number of nitrogens with one attached hydrogen (secondary N) is 3. The van der Waals surface area contributed by atoms with Gasteiger partial charge in [-0.3, -0.25) is 9.79 Å². The Morgan fingerprint density at radius 2 is 2.07 bits per heavy atom. The molecule has 8 heteroatoms. The molecule has 3 aromatic rings. The normalized spacial score (nSPS) is 16.0. The van der Waals surface area contributed by atoms with Crippen LogP contribution in [0.2, 0.25) is 0 Å². The summed E-state index contributed by atoms with van der Waals surface area (Å²) in [4.78, 5) is 20.9. The second kappa shape index (κ2) is 9.25. The third kappa shape index (κ3) is 4.69. The Morgan fingerprint density at radius 3 is 2.86 bits per heavy atom. The summed E-state index contributed by atoms with van der Waals surface area (Å²) in [5, 5.41) is 9.58. The number of halogens is 1. The number of pyridine rings is 1. The van der Waals surface area contributed by atoms with E-state index in [1.54, 1.807) is 7.05 Å². The first-order valence-electron chi connectivity index (χ1n) is 9.41. The lowest BCUT2D eigenvalue weighted by atomic mass is 9.90. The van der Waals surface area contributed by atoms with Crippen LogP contribution in [-0.2, 0) is 11.3 Å². The maximum Gasteiger partial charge on any atom is 0.225 e. The minimum Gasteiger partial charge on any atom is -0.356 e. The Kier molecular flexibility index (Phi) is 6.73. The number of imidazole rings is 1. The second-order valence-electron chi connectivity index (χ2n) is 6.97. The number of aryl methyl sites for hydroxylation is 1. The standard InChI is InChI=1S/C21H24N6O.HI/c1-14-6-5-9-19-25-16(13-27(14)19)12-24-21(22-2)23-11-15-10-20(28)26-18-8-4-3-7-17(15)18;/h3-9,13,15H,10-12H2,1-2H3,(H,26,28)(H2,22,23,24);1H. The van der Waals surface area contributed by atoms with Crippen LogP contribution in [0.15, 0.2) is 53.7 Å². The number of fused-ring (bicyclic) bond motifs is 2. The topological polar surface area (TPSA) is 82.8 Å². The van der Waals surface area contributed by atoms with Gasteiger partial charge in [0.15, 0.2) is 5.96 Å². The molecule has 152 valence electrons. The maximum absolute atomic E-state index is 12.0. The Morgan fingerprint density at radius 1 is 1.24 bits per heavy atom. The van der Waals surface area contributed by atoms with Gasteiger partial charge < -0.3 is 20.4 Å². The molecule has 3 heterocycles. The van der Waals surface area contributed by atoms with Gasteiger partial charge in [0.2, 0.25) is 5.91 Å². The summed E-state index contributed by atoms with van der Waals surface area (Å²) >= 11 is 0. The summed E-state index contributed by atoms with van der Waals surface area (Å²) in [5.41, 5.74) is 5.08. The molecule has 0 saturated carbocycles. The fourth-order valence-electron chi connectivity index (χ4n) is 3.58. The highest BCUT2D eigenvalue weighted by molar-refractivity contribution is 14.0. The van der Waals surface area contributed by atoms with E-state index in [2.05, 4.69) is 49.4 Å². The van der Waals surface area contributed by atoms with Crippen molar-refractivity contribution in [2.75, 3.05) is 18.9 Å². The number of hydrogen-bond acceptors (Lipinski definition) is 3. The van der Waals surface area contributed by atoms with Crippen LogP contribution in [0.4, 0.5) is 5.69 Å². The van der Waals surface area contributed by atoms with Crippen molar-refractivity contribution in [1.82, 2.24) is 20.0 Å². The summed E-state index contributed by atoms with van der Waals surface area (Å²) < 4.78 is 2.07. The number of rotatable bonds is 4. The smallest absolute Gasteiger partial charge is 0.225 e. The SMILES string of the molecule is CN=C(NCc1cn2c(C)cccc2n1)NCC1CC(=O)Nc2ccccc21.I. The first-order valence-corrected chi connectivity index (χ1v) is 9.41. The maximum atomic E-state index is 12.0. The average molecular weight is 504 g/mol. The van der Waals surface area contributed by atoms with Crippen molar-refractivity contribution in [3.05, 3.63) is 65.6 Å². The van der Waals surface area contributed by atoms with Gasteiger partial charge in [-0.05, 0) is 30.7 Å². The molecule has 1 aromatic carbocycles. The quantitative estimate of drug-likeness (QED) is 0.290. The van der Waals surface area contributed by atoms with E-state index < -0.39 is 0 Å². The number of carbonyl (C=O) groups excluding carboxylic acids is 1. The zero-order chi connectivity index (χ0) is 19.5. The van der Waals surface area contributed by atoms with Crippen molar-refractivity contribution in [3.8, 4) is 0 Å². The van der Waals surface area contributed by atoms with Crippen molar-refractivity contribution in [2.45, 2.75) is 25.8 Å². The van der Waals surface area contributed by atoms with E-state index in [1.165, 1.54) is 0 Å². The van der Waals surface area contributed by atoms with Crippen LogP contribution < -0.4 is 16.0 Å². The molecule has 1 aliphatic rings. The van der Waals surface area contributed by atoms with E-state index in [0.29, 0.717) is 25.5 Å². The number of carbonyl (C=O) groups is 1. The summed E-state index contributed by atoms with van der Waals surface area (Å²) in [7, 11) is 1.74. The predicted octanol–water partition coefficient (Wildman–Crippen LogP) is 3.05. The van der Waals surface area contributed by atoms with Crippen LogP contribution in [0.3, 0.4) is 0 Å². The fraction of sp³-hybridized carbons (Fsp3) is 0.286. The first kappa shape index (κ1) is 21.1. The van der Waals surface area contributed by atoms with Gasteiger partial charge in [-0.2, -0.15) is 0 Å². The molecule has 7 nitrogen and oxygen atoms in total. The van der Waals surface area contributed by atoms with E-state index in [0.717, 1.165) is 28.3 Å². The number of para-hydroxylation sites is 1. The number of nitrogens with zero attached hydrogens (tertiary/aromatic N) is 3. The molecule has 0 radical (unpaired) electrons. The molecule has 1 aliphatic heterocycles. The van der Waals surface area contributed by atoms with Gasteiger partial charge >= 0.3 is 0 Å². The van der Waals surface area contributed by atoms with Crippen molar-refractivity contribution < 1.29 is 4.79 Å². The highest BCUT2D eigenvalue weighted by Gasteiger charge is 2.24. The van der Waals surface area contributed by atoms with Gasteiger partial charge in [0.05, 0.1) is 12.2 Å². The van der Waals surface area contributed by atoms with Crippen LogP contribution in [0, 0.1) is 6.92 Å². The lowest BCUT2D eigenvalue weighted by Crippen LogP contribution is -2.40. The molecular weight excluding hydrogens is 479 g/mol. The van der Waals surface area contributed by atoms with Crippen LogP contribution in [-0.4, -0.2) is 34.8 Å². The zero-order valence-electron chi connectivity index (χ0n) is 16.5. The van der Waals surface area contributed by atoms with E-state index in [9.17, 15) is 4.79 Å². The summed E-state index contributed by atoms with van der Waals surface area (Å²) in [6.07, 6.45) is 2.50. The molecular formula is C21H25IN6O. The highest BCUT2D eigenvalue weighted by atomic mass is 127. The van der Waals surface area contributed by atoms with E-state index in [1.807, 2.05) is 36.5 Å². The molecule has 29 heavy (non-hydrogen) atoms. The lowest BCUT2D eigenvalue weighted by Gasteiger charge is -2.26. The fourth-order valence-corrected chi connectivity index (χ4v) is 3.58. The number of guanidine groups is 1. The molecule has 0 aliphatic carbocycles. The number of hydrogen-bond donors (Lipinski definition) is 3. The molecule has 3 N–H and O–H groups in total. The Balaban J connectivity index is 0.00000240. The van der Waals surface area contributed by atoms with E-state index in [4.69, 9.17) is 0 Å². The number of aliphatic imine (C=N–C) groups is 1. The molecule has 1 amide bonds. The van der Waals surface area contributed by atoms with Crippen molar-refractivity contribution in [2.24, 2.45) is 4.99 Å². The third-order valence-corrected chi connectivity index (χ3v) is 5.03. The number of benzene rings is 1. The van der Waals surface area contributed by atoms with Gasteiger partial charge in [-0.15, -0.1) is 24.0 Å². The molecule has 0 saturated heterocycles. The van der Waals surface area contributed by atoms with Crippen molar-refractivity contribution in [3.63, 3.8) is 0 Å². The van der Waals surface area contributed by atoms with Gasteiger partial charge in [0.1, 0.15) is 5.65 Å². The van der Waals surface area contributed by atoms with Crippen LogP contribution in [0.5, 0.6) is 0 Å². The van der Waals surface area contributed by atoms with Gasteiger partial charge in [0, 0.05) is 43.5 Å². The number of aromatic nitrogens is 2.